The van der Waals surface area contributed by atoms with Gasteiger partial charge in [-0.2, -0.15) is 0 Å². The molecule has 14 aromatic rings. The van der Waals surface area contributed by atoms with Crippen LogP contribution in [0.15, 0.2) is 243 Å². The van der Waals surface area contributed by atoms with Gasteiger partial charge in [0.05, 0.1) is 17.1 Å². The van der Waals surface area contributed by atoms with Crippen LogP contribution < -0.4 is 16.0 Å². The fourth-order valence-electron chi connectivity index (χ4n) is 13.9. The Bertz CT molecular complexity index is 5180. The van der Waals surface area contributed by atoms with Crippen LogP contribution in [0.2, 0.25) is 15.1 Å². The number of benzene rings is 9. The number of aromatic amines is 2. The first-order valence-corrected chi connectivity index (χ1v) is 33.6. The Kier molecular flexibility index (Phi) is 18.1. The molecule has 97 heavy (non-hydrogen) atoms. The molecule has 0 fully saturated rings. The van der Waals surface area contributed by atoms with E-state index < -0.39 is 0 Å². The van der Waals surface area contributed by atoms with E-state index in [4.69, 9.17) is 49.8 Å². The number of fused-ring (bicyclic) bond motifs is 11. The van der Waals surface area contributed by atoms with Crippen molar-refractivity contribution in [2.24, 2.45) is 0 Å². The van der Waals surface area contributed by atoms with Crippen molar-refractivity contribution in [3.63, 3.8) is 0 Å². The summed E-state index contributed by atoms with van der Waals surface area (Å²) in [6.07, 6.45) is 13.7. The Morgan fingerprint density at radius 3 is 1.25 bits per heavy atom. The van der Waals surface area contributed by atoms with Gasteiger partial charge in [-0.05, 0) is 160 Å². The second kappa shape index (κ2) is 28.0. The molecule has 0 radical (unpaired) electrons. The number of rotatable bonds is 14. The zero-order valence-corrected chi connectivity index (χ0v) is 54.8. The van der Waals surface area contributed by atoms with Gasteiger partial charge in [0, 0.05) is 122 Å². The lowest BCUT2D eigenvalue weighted by Gasteiger charge is -2.28. The van der Waals surface area contributed by atoms with Crippen molar-refractivity contribution >= 4 is 74.5 Å². The van der Waals surface area contributed by atoms with E-state index in [9.17, 15) is 8.78 Å². The topological polar surface area (TPSA) is 145 Å². The summed E-state index contributed by atoms with van der Waals surface area (Å²) in [5.41, 5.74) is 22.2. The minimum atomic E-state index is -0.237. The van der Waals surface area contributed by atoms with Gasteiger partial charge >= 0.3 is 0 Å². The van der Waals surface area contributed by atoms with Crippen LogP contribution in [0.4, 0.5) is 26.6 Å². The quantitative estimate of drug-likeness (QED) is 0.0718. The smallest absolute Gasteiger partial charge is 0.223 e. The van der Waals surface area contributed by atoms with Crippen LogP contribution in [0.1, 0.15) is 84.5 Å². The van der Waals surface area contributed by atoms with Crippen molar-refractivity contribution in [3.05, 3.63) is 337 Å². The van der Waals surface area contributed by atoms with Crippen LogP contribution in [0.5, 0.6) is 0 Å². The van der Waals surface area contributed by atoms with Gasteiger partial charge in [-0.1, -0.05) is 186 Å². The van der Waals surface area contributed by atoms with Crippen molar-refractivity contribution in [2.45, 2.75) is 56.4 Å². The van der Waals surface area contributed by atoms with Gasteiger partial charge < -0.3 is 25.9 Å². The summed E-state index contributed by atoms with van der Waals surface area (Å²) in [6.45, 7) is 2.05. The molecule has 0 spiro atoms. The molecular formula is C81H64Cl3F2N11. The highest BCUT2D eigenvalue weighted by Crippen LogP contribution is 2.46. The maximum atomic E-state index is 13.4. The summed E-state index contributed by atoms with van der Waals surface area (Å²) < 4.78 is 26.9. The van der Waals surface area contributed by atoms with Gasteiger partial charge in [0.2, 0.25) is 17.8 Å². The number of anilines is 3. The Morgan fingerprint density at radius 1 is 0.402 bits per heavy atom. The van der Waals surface area contributed by atoms with Crippen LogP contribution in [-0.4, -0.2) is 53.0 Å². The van der Waals surface area contributed by atoms with Crippen molar-refractivity contribution < 1.29 is 8.78 Å². The van der Waals surface area contributed by atoms with Crippen LogP contribution in [0.25, 0.3) is 55.6 Å². The molecule has 0 bridgehead atoms. The fourth-order valence-corrected chi connectivity index (χ4v) is 14.5. The second-order valence-corrected chi connectivity index (χ2v) is 25.8. The van der Waals surface area contributed by atoms with E-state index in [1.165, 1.54) is 52.1 Å². The molecule has 11 nitrogen and oxygen atoms in total. The van der Waals surface area contributed by atoms with Crippen LogP contribution in [0.3, 0.4) is 0 Å². The molecule has 478 valence electrons. The van der Waals surface area contributed by atoms with E-state index in [1.807, 2.05) is 116 Å². The van der Waals surface area contributed by atoms with Crippen molar-refractivity contribution in [1.29, 1.82) is 0 Å². The molecule has 0 saturated heterocycles. The van der Waals surface area contributed by atoms with E-state index in [1.54, 1.807) is 0 Å². The van der Waals surface area contributed by atoms with Gasteiger partial charge in [0.15, 0.2) is 0 Å². The van der Waals surface area contributed by atoms with E-state index in [0.29, 0.717) is 37.5 Å². The molecule has 0 aliphatic heterocycles. The lowest BCUT2D eigenvalue weighted by molar-refractivity contribution is 0.629. The Balaban J connectivity index is 0.000000120. The molecule has 16 heteroatoms. The fraction of sp³-hybridized carbons (Fsp3) is 0.136. The van der Waals surface area contributed by atoms with Crippen LogP contribution >= 0.6 is 34.8 Å². The van der Waals surface area contributed by atoms with Gasteiger partial charge in [0.1, 0.15) is 11.6 Å². The molecule has 0 amide bonds. The second-order valence-electron chi connectivity index (χ2n) is 24.5. The number of hydrogen-bond donors (Lipinski definition) is 5. The number of nitrogens with zero attached hydrogens (tertiary/aromatic N) is 6. The highest BCUT2D eigenvalue weighted by Gasteiger charge is 2.31. The third-order valence-corrected chi connectivity index (χ3v) is 19.5. The zero-order valence-electron chi connectivity index (χ0n) is 52.6. The van der Waals surface area contributed by atoms with Crippen molar-refractivity contribution in [3.8, 4) is 33.8 Å². The van der Waals surface area contributed by atoms with Gasteiger partial charge in [-0.3, -0.25) is 0 Å². The Morgan fingerprint density at radius 2 is 0.794 bits per heavy atom. The van der Waals surface area contributed by atoms with E-state index >= 15 is 0 Å². The number of nitrogens with one attached hydrogen (secondary N) is 5. The summed E-state index contributed by atoms with van der Waals surface area (Å²) in [5.74, 6) is 2.03. The summed E-state index contributed by atoms with van der Waals surface area (Å²) in [5, 5.41) is 14.5. The molecule has 3 aliphatic rings. The first-order chi connectivity index (χ1) is 47.6. The normalized spacial score (nSPS) is 14.6. The highest BCUT2D eigenvalue weighted by atomic mass is 35.5. The SMILES string of the molecule is Clc1ccccc1C1Cc2cnc(NCc3ccccc3)nc2-c2ccccc21.Fc1ccc2c(CCNc3ncc4c(n3)-c3ccccc3C(c3ccc(Cl)cc3)C4)c[nH]c2c1.Fc1ccc2c(CCNc3ncc4c(n3)-c3ccccc3C(c3ccccc3Cl)C4)c[nH]c2c1. The summed E-state index contributed by atoms with van der Waals surface area (Å²) in [7, 11) is 0. The molecule has 3 unspecified atom stereocenters. The molecule has 5 N–H and O–H groups in total. The predicted molar refractivity (Wildman–Crippen MR) is 388 cm³/mol. The maximum Gasteiger partial charge on any atom is 0.223 e. The third kappa shape index (κ3) is 13.4. The molecule has 3 atom stereocenters. The molecule has 5 heterocycles. The highest BCUT2D eigenvalue weighted by molar-refractivity contribution is 6.32. The van der Waals surface area contributed by atoms with E-state index in [-0.39, 0.29) is 29.4 Å². The number of hydrogen-bond acceptors (Lipinski definition) is 9. The molecule has 0 saturated carbocycles. The standard InChI is InChI=1S/2C28H22ClFN4.C25H20ClN3/c29-25-8-4-3-6-22(25)24-13-18-16-33-28(34-27(18)23-7-2-1-5-21(23)24)31-12-11-17-15-32-26-14-19(30)9-10-20(17)26;29-20-7-5-17(6-8-20)25-13-19-16-33-28(34-27(19)24-4-2-1-3-23(24)25)31-12-11-18-15-32-26-14-21(30)9-10-22(18)26;26-23-13-7-6-11-20(23)22-14-18-16-28-25(27-15-17-8-2-1-3-9-17)29-24(18)21-12-5-4-10-19(21)22/h1-10,14-16,24,32H,11-13H2,(H,31,33,34);1-10,14-16,25,32H,11-13H2,(H,31,33,34);1-13,16,22H,14-15H2,(H,27,28,29). The zero-order chi connectivity index (χ0) is 65.8. The molecule has 5 aromatic heterocycles. The predicted octanol–water partition coefficient (Wildman–Crippen LogP) is 19.6. The van der Waals surface area contributed by atoms with Crippen LogP contribution in [-0.2, 0) is 38.6 Å². The average Bonchev–Trinajstić information content (AvgIpc) is 1.39. The number of H-pyrrole nitrogens is 2. The van der Waals surface area contributed by atoms with Crippen molar-refractivity contribution in [2.75, 3.05) is 29.0 Å². The van der Waals surface area contributed by atoms with Crippen molar-refractivity contribution in [1.82, 2.24) is 39.9 Å². The largest absolute Gasteiger partial charge is 0.361 e. The Hall–Kier alpha value is -10.6. The van der Waals surface area contributed by atoms with Crippen LogP contribution in [0, 0.1) is 11.6 Å². The third-order valence-electron chi connectivity index (χ3n) is 18.6. The molecule has 3 aliphatic carbocycles. The summed E-state index contributed by atoms with van der Waals surface area (Å²) in [4.78, 5) is 34.7. The van der Waals surface area contributed by atoms with E-state index in [2.05, 4.69) is 144 Å². The lowest BCUT2D eigenvalue weighted by Crippen LogP contribution is -2.16. The summed E-state index contributed by atoms with van der Waals surface area (Å²) in [6, 6.07) is 69.5. The Labute approximate surface area is 575 Å². The molecule has 9 aromatic carbocycles. The van der Waals surface area contributed by atoms with E-state index in [0.717, 1.165) is 142 Å². The first-order valence-electron chi connectivity index (χ1n) is 32.5. The van der Waals surface area contributed by atoms with Gasteiger partial charge in [-0.15, -0.1) is 0 Å². The minimum Gasteiger partial charge on any atom is -0.361 e. The monoisotopic (exact) mass is 1330 g/mol. The maximum absolute atomic E-state index is 13.4. The summed E-state index contributed by atoms with van der Waals surface area (Å²) >= 11 is 19.2. The average molecular weight is 1340 g/mol. The molecule has 17 rings (SSSR count). The number of halogens is 5. The van der Waals surface area contributed by atoms with Gasteiger partial charge in [-0.25, -0.2) is 38.7 Å². The minimum absolute atomic E-state index is 0.173. The first kappa shape index (κ1) is 62.5. The molecular weight excluding hydrogens is 1270 g/mol. The lowest BCUT2D eigenvalue weighted by atomic mass is 9.78. The van der Waals surface area contributed by atoms with Gasteiger partial charge in [0.25, 0.3) is 0 Å². The number of aromatic nitrogens is 8.